The average molecular weight is 394 g/mol. The van der Waals surface area contributed by atoms with Crippen molar-refractivity contribution in [1.82, 2.24) is 0 Å². The molecule has 0 saturated carbocycles. The van der Waals surface area contributed by atoms with Crippen molar-refractivity contribution in [3.05, 3.63) is 53.1 Å². The Kier molecular flexibility index (Phi) is 6.13. The van der Waals surface area contributed by atoms with E-state index in [2.05, 4.69) is 0 Å². The topological polar surface area (TPSA) is 96.4 Å². The molecule has 0 atom stereocenters. The SMILES string of the molecule is COc1cc(C#N)ccc1S(=O)(=O)N1CCCc2cc(CN)ccc21.Cl. The lowest BCUT2D eigenvalue weighted by atomic mass is 10.0. The Hall–Kier alpha value is -2.27. The number of ether oxygens (including phenoxy) is 1. The van der Waals surface area contributed by atoms with Gasteiger partial charge in [0, 0.05) is 13.1 Å². The van der Waals surface area contributed by atoms with Crippen LogP contribution in [0.4, 0.5) is 5.69 Å². The van der Waals surface area contributed by atoms with E-state index in [1.54, 1.807) is 0 Å². The van der Waals surface area contributed by atoms with E-state index in [1.165, 1.54) is 29.6 Å². The van der Waals surface area contributed by atoms with Crippen molar-refractivity contribution >= 4 is 28.1 Å². The highest BCUT2D eigenvalue weighted by Gasteiger charge is 2.31. The predicted molar refractivity (Wildman–Crippen MR) is 102 cm³/mol. The van der Waals surface area contributed by atoms with Crippen molar-refractivity contribution in [3.63, 3.8) is 0 Å². The Morgan fingerprint density at radius 1 is 1.27 bits per heavy atom. The molecular formula is C18H20ClN3O3S. The van der Waals surface area contributed by atoms with Gasteiger partial charge in [0.15, 0.2) is 0 Å². The fraction of sp³-hybridized carbons (Fsp3) is 0.278. The van der Waals surface area contributed by atoms with Crippen LogP contribution in [0.15, 0.2) is 41.3 Å². The molecule has 3 rings (SSSR count). The molecule has 0 fully saturated rings. The fourth-order valence-electron chi connectivity index (χ4n) is 3.06. The summed E-state index contributed by atoms with van der Waals surface area (Å²) in [6.07, 6.45) is 1.55. The number of sulfonamides is 1. The van der Waals surface area contributed by atoms with E-state index in [-0.39, 0.29) is 23.1 Å². The van der Waals surface area contributed by atoms with Gasteiger partial charge in [-0.15, -0.1) is 12.4 Å². The highest BCUT2D eigenvalue weighted by molar-refractivity contribution is 7.93. The third-order valence-corrected chi connectivity index (χ3v) is 6.17. The number of halogens is 1. The van der Waals surface area contributed by atoms with Crippen molar-refractivity contribution < 1.29 is 13.2 Å². The zero-order chi connectivity index (χ0) is 18.0. The lowest BCUT2D eigenvalue weighted by Crippen LogP contribution is -2.35. The molecular weight excluding hydrogens is 374 g/mol. The van der Waals surface area contributed by atoms with E-state index >= 15 is 0 Å². The van der Waals surface area contributed by atoms with E-state index in [9.17, 15) is 8.42 Å². The third-order valence-electron chi connectivity index (χ3n) is 4.32. The minimum atomic E-state index is -3.80. The van der Waals surface area contributed by atoms with Crippen LogP contribution in [0, 0.1) is 11.3 Å². The molecule has 2 N–H and O–H groups in total. The summed E-state index contributed by atoms with van der Waals surface area (Å²) in [6, 6.07) is 12.0. The summed E-state index contributed by atoms with van der Waals surface area (Å²) in [6.45, 7) is 0.823. The number of methoxy groups -OCH3 is 1. The number of nitrogens with two attached hydrogens (primary N) is 1. The molecule has 6 nitrogen and oxygen atoms in total. The largest absolute Gasteiger partial charge is 0.495 e. The summed E-state index contributed by atoms with van der Waals surface area (Å²) >= 11 is 0. The van der Waals surface area contributed by atoms with E-state index in [4.69, 9.17) is 15.7 Å². The number of aryl methyl sites for hydroxylation is 1. The van der Waals surface area contributed by atoms with Gasteiger partial charge in [0.2, 0.25) is 0 Å². The highest BCUT2D eigenvalue weighted by Crippen LogP contribution is 2.35. The quantitative estimate of drug-likeness (QED) is 0.861. The van der Waals surface area contributed by atoms with Crippen LogP contribution in [0.1, 0.15) is 23.1 Å². The third kappa shape index (κ3) is 3.49. The van der Waals surface area contributed by atoms with Crippen LogP contribution < -0.4 is 14.8 Å². The van der Waals surface area contributed by atoms with Gasteiger partial charge in [-0.05, 0) is 48.2 Å². The summed E-state index contributed by atoms with van der Waals surface area (Å²) in [4.78, 5) is 0.0600. The van der Waals surface area contributed by atoms with Crippen LogP contribution in [-0.2, 0) is 23.0 Å². The van der Waals surface area contributed by atoms with E-state index in [0.29, 0.717) is 24.3 Å². The maximum atomic E-state index is 13.2. The van der Waals surface area contributed by atoms with Gasteiger partial charge >= 0.3 is 0 Å². The first-order valence-electron chi connectivity index (χ1n) is 7.94. The van der Waals surface area contributed by atoms with Crippen molar-refractivity contribution in [3.8, 4) is 11.8 Å². The molecule has 0 radical (unpaired) electrons. The van der Waals surface area contributed by atoms with E-state index in [1.807, 2.05) is 24.3 Å². The number of rotatable bonds is 4. The van der Waals surface area contributed by atoms with Crippen molar-refractivity contribution in [2.75, 3.05) is 18.0 Å². The number of benzene rings is 2. The minimum Gasteiger partial charge on any atom is -0.495 e. The van der Waals surface area contributed by atoms with Crippen LogP contribution in [0.25, 0.3) is 0 Å². The monoisotopic (exact) mass is 393 g/mol. The standard InChI is InChI=1S/C18H19N3O3S.ClH/c1-24-17-10-14(12-20)5-7-18(17)25(22,23)21-8-2-3-15-9-13(11-19)4-6-16(15)21;/h4-7,9-10H,2-3,8,11,19H2,1H3;1H. The molecule has 0 aromatic heterocycles. The Morgan fingerprint density at radius 3 is 2.69 bits per heavy atom. The number of fused-ring (bicyclic) bond motifs is 1. The van der Waals surface area contributed by atoms with Crippen LogP contribution in [0.3, 0.4) is 0 Å². The number of hydrogen-bond acceptors (Lipinski definition) is 5. The zero-order valence-electron chi connectivity index (χ0n) is 14.3. The smallest absolute Gasteiger partial charge is 0.268 e. The second-order valence-corrected chi connectivity index (χ2v) is 7.66. The van der Waals surface area contributed by atoms with Crippen LogP contribution >= 0.6 is 12.4 Å². The highest BCUT2D eigenvalue weighted by atomic mass is 35.5. The minimum absolute atomic E-state index is 0. The predicted octanol–water partition coefficient (Wildman–Crippen LogP) is 2.59. The molecule has 0 unspecified atom stereocenters. The normalized spacial score (nSPS) is 13.3. The molecule has 2 aromatic carbocycles. The second-order valence-electron chi connectivity index (χ2n) is 5.83. The summed E-state index contributed by atoms with van der Waals surface area (Å²) in [5.74, 6) is 0.171. The second kappa shape index (κ2) is 7.96. The van der Waals surface area contributed by atoms with Crippen molar-refractivity contribution in [1.29, 1.82) is 5.26 Å². The first-order chi connectivity index (χ1) is 12.0. The number of nitriles is 1. The molecule has 0 bridgehead atoms. The average Bonchev–Trinajstić information content (AvgIpc) is 2.66. The van der Waals surface area contributed by atoms with Gasteiger partial charge in [0.1, 0.15) is 10.6 Å². The number of hydrogen-bond donors (Lipinski definition) is 1. The molecule has 8 heteroatoms. The number of nitrogens with zero attached hydrogens (tertiary/aromatic N) is 2. The lowest BCUT2D eigenvalue weighted by Gasteiger charge is -2.31. The molecule has 1 aliphatic heterocycles. The maximum absolute atomic E-state index is 13.2. The van der Waals surface area contributed by atoms with Gasteiger partial charge < -0.3 is 10.5 Å². The molecule has 26 heavy (non-hydrogen) atoms. The summed E-state index contributed by atoms with van der Waals surface area (Å²) in [5.41, 5.74) is 8.67. The van der Waals surface area contributed by atoms with Gasteiger partial charge in [-0.1, -0.05) is 12.1 Å². The Labute approximate surface area is 159 Å². The fourth-order valence-corrected chi connectivity index (χ4v) is 4.74. The van der Waals surface area contributed by atoms with E-state index < -0.39 is 10.0 Å². The molecule has 1 heterocycles. The van der Waals surface area contributed by atoms with Gasteiger partial charge in [0.05, 0.1) is 24.4 Å². The molecule has 2 aromatic rings. The van der Waals surface area contributed by atoms with Crippen molar-refractivity contribution in [2.45, 2.75) is 24.3 Å². The Balaban J connectivity index is 0.00000243. The Bertz CT molecular complexity index is 955. The zero-order valence-corrected chi connectivity index (χ0v) is 15.9. The summed E-state index contributed by atoms with van der Waals surface area (Å²) < 4.78 is 33.1. The van der Waals surface area contributed by atoms with Crippen LogP contribution in [0.2, 0.25) is 0 Å². The lowest BCUT2D eigenvalue weighted by molar-refractivity contribution is 0.402. The molecule has 138 valence electrons. The van der Waals surface area contributed by atoms with Gasteiger partial charge in [-0.2, -0.15) is 5.26 Å². The van der Waals surface area contributed by atoms with Crippen molar-refractivity contribution in [2.24, 2.45) is 5.73 Å². The summed E-state index contributed by atoms with van der Waals surface area (Å²) in [5, 5.41) is 9.00. The maximum Gasteiger partial charge on any atom is 0.268 e. The molecule has 0 aliphatic carbocycles. The molecule has 0 spiro atoms. The van der Waals surface area contributed by atoms with Gasteiger partial charge in [0.25, 0.3) is 10.0 Å². The van der Waals surface area contributed by atoms with E-state index in [0.717, 1.165) is 24.0 Å². The van der Waals surface area contributed by atoms with Crippen LogP contribution in [-0.4, -0.2) is 22.1 Å². The first-order valence-corrected chi connectivity index (χ1v) is 9.38. The first kappa shape index (κ1) is 20.0. The van der Waals surface area contributed by atoms with Crippen LogP contribution in [0.5, 0.6) is 5.75 Å². The molecule has 1 aliphatic rings. The van der Waals surface area contributed by atoms with Gasteiger partial charge in [-0.25, -0.2) is 8.42 Å². The molecule has 0 amide bonds. The number of anilines is 1. The molecule has 0 saturated heterocycles. The summed E-state index contributed by atoms with van der Waals surface area (Å²) in [7, 11) is -2.40. The van der Waals surface area contributed by atoms with Gasteiger partial charge in [-0.3, -0.25) is 4.31 Å². The Morgan fingerprint density at radius 2 is 2.04 bits per heavy atom.